The fourth-order valence-corrected chi connectivity index (χ4v) is 1.87. The third-order valence-corrected chi connectivity index (χ3v) is 3.23. The minimum atomic E-state index is -0.321. The molecule has 0 spiro atoms. The Hall–Kier alpha value is -1.91. The van der Waals surface area contributed by atoms with Crippen LogP contribution in [0.15, 0.2) is 18.2 Å². The monoisotopic (exact) mass is 278 g/mol. The molecule has 1 fully saturated rings. The molecule has 0 aromatic heterocycles. The highest BCUT2D eigenvalue weighted by Crippen LogP contribution is 2.18. The molecule has 0 bridgehead atoms. The Kier molecular flexibility index (Phi) is 4.71. The standard InChI is InChI=1S/C15H19FN2O2/c1-10-9-11(4-7-13(10)16)15(20)17-8-2-3-14(19)18-12-5-6-12/h4,7,9,12H,2-3,5-6,8H2,1H3,(H,17,20)(H,18,19). The van der Waals surface area contributed by atoms with E-state index in [0.29, 0.717) is 36.6 Å². The van der Waals surface area contributed by atoms with Gasteiger partial charge in [0.2, 0.25) is 5.91 Å². The van der Waals surface area contributed by atoms with Crippen molar-refractivity contribution in [3.63, 3.8) is 0 Å². The van der Waals surface area contributed by atoms with Crippen molar-refractivity contribution in [3.05, 3.63) is 35.1 Å². The van der Waals surface area contributed by atoms with Gasteiger partial charge in [0.1, 0.15) is 5.82 Å². The summed E-state index contributed by atoms with van der Waals surface area (Å²) in [6.45, 7) is 2.06. The Balaban J connectivity index is 1.68. The van der Waals surface area contributed by atoms with E-state index in [9.17, 15) is 14.0 Å². The second-order valence-corrected chi connectivity index (χ2v) is 5.17. The molecule has 1 aromatic rings. The van der Waals surface area contributed by atoms with Gasteiger partial charge in [-0.2, -0.15) is 0 Å². The highest BCUT2D eigenvalue weighted by Gasteiger charge is 2.22. The maximum atomic E-state index is 13.1. The minimum Gasteiger partial charge on any atom is -0.353 e. The van der Waals surface area contributed by atoms with Crippen LogP contribution in [0.3, 0.4) is 0 Å². The largest absolute Gasteiger partial charge is 0.353 e. The molecule has 0 heterocycles. The van der Waals surface area contributed by atoms with Crippen molar-refractivity contribution >= 4 is 11.8 Å². The second kappa shape index (κ2) is 6.50. The lowest BCUT2D eigenvalue weighted by Gasteiger charge is -2.06. The molecule has 5 heteroatoms. The molecule has 20 heavy (non-hydrogen) atoms. The average molecular weight is 278 g/mol. The molecule has 0 atom stereocenters. The van der Waals surface area contributed by atoms with E-state index in [1.807, 2.05) is 0 Å². The van der Waals surface area contributed by atoms with E-state index in [2.05, 4.69) is 10.6 Å². The van der Waals surface area contributed by atoms with Gasteiger partial charge in [-0.1, -0.05) is 0 Å². The summed E-state index contributed by atoms with van der Waals surface area (Å²) < 4.78 is 13.1. The Bertz CT molecular complexity index is 513. The third-order valence-electron chi connectivity index (χ3n) is 3.23. The predicted octanol–water partition coefficient (Wildman–Crippen LogP) is 1.92. The Labute approximate surface area is 117 Å². The second-order valence-electron chi connectivity index (χ2n) is 5.17. The summed E-state index contributed by atoms with van der Waals surface area (Å²) in [7, 11) is 0. The summed E-state index contributed by atoms with van der Waals surface area (Å²) in [5.74, 6) is -0.520. The molecule has 108 valence electrons. The Morgan fingerprint density at radius 1 is 1.35 bits per heavy atom. The van der Waals surface area contributed by atoms with Crippen LogP contribution in [0.2, 0.25) is 0 Å². The van der Waals surface area contributed by atoms with Crippen molar-refractivity contribution in [3.8, 4) is 0 Å². The molecule has 4 nitrogen and oxygen atoms in total. The highest BCUT2D eigenvalue weighted by atomic mass is 19.1. The zero-order valence-corrected chi connectivity index (χ0v) is 11.5. The SMILES string of the molecule is Cc1cc(C(=O)NCCCC(=O)NC2CC2)ccc1F. The first-order valence-corrected chi connectivity index (χ1v) is 6.90. The van der Waals surface area contributed by atoms with Gasteiger partial charge in [0.25, 0.3) is 5.91 Å². The van der Waals surface area contributed by atoms with E-state index in [1.165, 1.54) is 18.2 Å². The van der Waals surface area contributed by atoms with Gasteiger partial charge in [-0.15, -0.1) is 0 Å². The first kappa shape index (κ1) is 14.5. The molecular weight excluding hydrogens is 259 g/mol. The van der Waals surface area contributed by atoms with Gasteiger partial charge < -0.3 is 10.6 Å². The van der Waals surface area contributed by atoms with Crippen molar-refractivity contribution < 1.29 is 14.0 Å². The van der Waals surface area contributed by atoms with Crippen LogP contribution in [0, 0.1) is 12.7 Å². The van der Waals surface area contributed by atoms with E-state index >= 15 is 0 Å². The third kappa shape index (κ3) is 4.33. The summed E-state index contributed by atoms with van der Waals surface area (Å²) in [5, 5.41) is 5.62. The van der Waals surface area contributed by atoms with Crippen molar-refractivity contribution in [2.75, 3.05) is 6.54 Å². The minimum absolute atomic E-state index is 0.0411. The number of benzene rings is 1. The van der Waals surface area contributed by atoms with Crippen LogP contribution in [0.4, 0.5) is 4.39 Å². The zero-order chi connectivity index (χ0) is 14.5. The lowest BCUT2D eigenvalue weighted by atomic mass is 10.1. The summed E-state index contributed by atoms with van der Waals surface area (Å²) in [6.07, 6.45) is 3.17. The van der Waals surface area contributed by atoms with E-state index < -0.39 is 0 Å². The normalized spacial score (nSPS) is 13.9. The molecule has 0 radical (unpaired) electrons. The highest BCUT2D eigenvalue weighted by molar-refractivity contribution is 5.94. The Morgan fingerprint density at radius 2 is 2.10 bits per heavy atom. The molecule has 1 aromatic carbocycles. The van der Waals surface area contributed by atoms with Gasteiger partial charge in [0.05, 0.1) is 0 Å². The van der Waals surface area contributed by atoms with Crippen LogP contribution in [0.1, 0.15) is 41.6 Å². The first-order valence-electron chi connectivity index (χ1n) is 6.90. The van der Waals surface area contributed by atoms with Gasteiger partial charge in [-0.25, -0.2) is 4.39 Å². The molecule has 2 amide bonds. The number of halogens is 1. The number of hydrogen-bond acceptors (Lipinski definition) is 2. The maximum Gasteiger partial charge on any atom is 0.251 e. The number of carbonyl (C=O) groups is 2. The van der Waals surface area contributed by atoms with Crippen LogP contribution in [-0.2, 0) is 4.79 Å². The number of amides is 2. The van der Waals surface area contributed by atoms with Crippen molar-refractivity contribution in [1.82, 2.24) is 10.6 Å². The van der Waals surface area contributed by atoms with Crippen LogP contribution in [-0.4, -0.2) is 24.4 Å². The quantitative estimate of drug-likeness (QED) is 0.781. The summed E-state index contributed by atoms with van der Waals surface area (Å²) in [4.78, 5) is 23.2. The molecular formula is C15H19FN2O2. The van der Waals surface area contributed by atoms with Gasteiger partial charge >= 0.3 is 0 Å². The van der Waals surface area contributed by atoms with E-state index in [0.717, 1.165) is 12.8 Å². The smallest absolute Gasteiger partial charge is 0.251 e. The molecule has 1 aliphatic carbocycles. The number of carbonyl (C=O) groups excluding carboxylic acids is 2. The number of hydrogen-bond donors (Lipinski definition) is 2. The summed E-state index contributed by atoms with van der Waals surface area (Å²) >= 11 is 0. The molecule has 2 N–H and O–H groups in total. The van der Waals surface area contributed by atoms with E-state index in [1.54, 1.807) is 6.92 Å². The van der Waals surface area contributed by atoms with Crippen molar-refractivity contribution in [2.24, 2.45) is 0 Å². The number of nitrogens with one attached hydrogen (secondary N) is 2. The number of aryl methyl sites for hydroxylation is 1. The first-order chi connectivity index (χ1) is 9.56. The van der Waals surface area contributed by atoms with Gasteiger partial charge in [-0.05, 0) is 49.9 Å². The van der Waals surface area contributed by atoms with Gasteiger partial charge in [0, 0.05) is 24.6 Å². The molecule has 1 aliphatic rings. The fraction of sp³-hybridized carbons (Fsp3) is 0.467. The Morgan fingerprint density at radius 3 is 2.75 bits per heavy atom. The lowest BCUT2D eigenvalue weighted by molar-refractivity contribution is -0.121. The molecule has 1 saturated carbocycles. The fourth-order valence-electron chi connectivity index (χ4n) is 1.87. The topological polar surface area (TPSA) is 58.2 Å². The summed E-state index contributed by atoms with van der Waals surface area (Å²) in [6, 6.07) is 4.63. The molecule has 0 saturated heterocycles. The van der Waals surface area contributed by atoms with Gasteiger partial charge in [-0.3, -0.25) is 9.59 Å². The predicted molar refractivity (Wildman–Crippen MR) is 73.9 cm³/mol. The summed E-state index contributed by atoms with van der Waals surface area (Å²) in [5.41, 5.74) is 0.882. The van der Waals surface area contributed by atoms with Gasteiger partial charge in [0.15, 0.2) is 0 Å². The van der Waals surface area contributed by atoms with E-state index in [4.69, 9.17) is 0 Å². The number of rotatable bonds is 6. The van der Waals surface area contributed by atoms with Crippen LogP contribution < -0.4 is 10.6 Å². The van der Waals surface area contributed by atoms with Crippen LogP contribution in [0.5, 0.6) is 0 Å². The van der Waals surface area contributed by atoms with Crippen molar-refractivity contribution in [1.29, 1.82) is 0 Å². The lowest BCUT2D eigenvalue weighted by Crippen LogP contribution is -2.28. The maximum absolute atomic E-state index is 13.1. The van der Waals surface area contributed by atoms with E-state index in [-0.39, 0.29) is 17.6 Å². The molecule has 2 rings (SSSR count). The zero-order valence-electron chi connectivity index (χ0n) is 11.5. The molecule has 0 unspecified atom stereocenters. The van der Waals surface area contributed by atoms with Crippen molar-refractivity contribution in [2.45, 2.75) is 38.6 Å². The van der Waals surface area contributed by atoms with Crippen LogP contribution in [0.25, 0.3) is 0 Å². The average Bonchev–Trinajstić information content (AvgIpc) is 3.21. The molecule has 0 aliphatic heterocycles. The van der Waals surface area contributed by atoms with Crippen LogP contribution >= 0.6 is 0 Å².